The van der Waals surface area contributed by atoms with Gasteiger partial charge in [0.15, 0.2) is 5.13 Å². The number of hydrogen-bond donors (Lipinski definition) is 0. The Labute approximate surface area is 189 Å². The Morgan fingerprint density at radius 2 is 1.83 bits per heavy atom. The standard InChI is InChI=1S/C23H29N3O2S.ClH/c1-6-25(7-2)13-14-26(22(27)18-10-8-9-16(3)15-18)23-24-20-19(28-5)12-11-17(4)21(20)29-23;/h8-12,15H,6-7,13-14H2,1-5H3;1H. The van der Waals surface area contributed by atoms with Crippen LogP contribution in [-0.4, -0.2) is 49.1 Å². The summed E-state index contributed by atoms with van der Waals surface area (Å²) in [7, 11) is 1.65. The van der Waals surface area contributed by atoms with Crippen molar-refractivity contribution < 1.29 is 9.53 Å². The Bertz CT molecular complexity index is 1000. The number of ether oxygens (including phenoxy) is 1. The van der Waals surface area contributed by atoms with Crippen LogP contribution in [0.4, 0.5) is 5.13 Å². The highest BCUT2D eigenvalue weighted by Gasteiger charge is 2.23. The Balaban J connectivity index is 0.00000320. The Hall–Kier alpha value is -2.15. The van der Waals surface area contributed by atoms with Crippen LogP contribution in [0.2, 0.25) is 0 Å². The fraction of sp³-hybridized carbons (Fsp3) is 0.391. The fourth-order valence-electron chi connectivity index (χ4n) is 3.38. The number of amides is 1. The van der Waals surface area contributed by atoms with Crippen LogP contribution in [0.5, 0.6) is 5.75 Å². The molecule has 0 unspecified atom stereocenters. The molecule has 0 aliphatic heterocycles. The number of benzene rings is 2. The summed E-state index contributed by atoms with van der Waals surface area (Å²) in [6.45, 7) is 11.7. The van der Waals surface area contributed by atoms with Gasteiger partial charge in [0.2, 0.25) is 0 Å². The number of likely N-dealkylation sites (N-methyl/N-ethyl adjacent to an activating group) is 1. The van der Waals surface area contributed by atoms with Gasteiger partial charge in [-0.3, -0.25) is 9.69 Å². The predicted molar refractivity (Wildman–Crippen MR) is 129 cm³/mol. The second-order valence-electron chi connectivity index (χ2n) is 7.11. The Morgan fingerprint density at radius 1 is 1.10 bits per heavy atom. The Morgan fingerprint density at radius 3 is 2.47 bits per heavy atom. The van der Waals surface area contributed by atoms with Crippen LogP contribution >= 0.6 is 23.7 Å². The van der Waals surface area contributed by atoms with Crippen LogP contribution in [0, 0.1) is 13.8 Å². The first-order chi connectivity index (χ1) is 14.0. The lowest BCUT2D eigenvalue weighted by Crippen LogP contribution is -2.38. The lowest BCUT2D eigenvalue weighted by molar-refractivity contribution is 0.0983. The van der Waals surface area contributed by atoms with Crippen molar-refractivity contribution in [3.8, 4) is 5.75 Å². The molecule has 0 N–H and O–H groups in total. The Kier molecular flexibility index (Phi) is 8.65. The molecular weight excluding hydrogens is 418 g/mol. The topological polar surface area (TPSA) is 45.7 Å². The van der Waals surface area contributed by atoms with E-state index in [4.69, 9.17) is 9.72 Å². The highest BCUT2D eigenvalue weighted by Crippen LogP contribution is 2.36. The van der Waals surface area contributed by atoms with Crippen molar-refractivity contribution in [1.29, 1.82) is 0 Å². The van der Waals surface area contributed by atoms with E-state index in [1.165, 1.54) is 0 Å². The SMILES string of the molecule is CCN(CC)CCN(C(=O)c1cccc(C)c1)c1nc2c(OC)ccc(C)c2s1.Cl. The molecular formula is C23H30ClN3O2S. The van der Waals surface area contributed by atoms with Crippen molar-refractivity contribution in [2.75, 3.05) is 38.2 Å². The van der Waals surface area contributed by atoms with Gasteiger partial charge in [0.25, 0.3) is 5.91 Å². The quantitative estimate of drug-likeness (QED) is 0.468. The van der Waals surface area contributed by atoms with Crippen molar-refractivity contribution in [2.45, 2.75) is 27.7 Å². The molecule has 7 heteroatoms. The van der Waals surface area contributed by atoms with E-state index in [9.17, 15) is 4.79 Å². The van der Waals surface area contributed by atoms with Crippen LogP contribution in [0.25, 0.3) is 10.2 Å². The van der Waals surface area contributed by atoms with E-state index in [1.807, 2.05) is 48.2 Å². The second-order valence-corrected chi connectivity index (χ2v) is 8.09. The minimum atomic E-state index is -0.0171. The second kappa shape index (κ2) is 10.8. The molecule has 5 nitrogen and oxygen atoms in total. The minimum Gasteiger partial charge on any atom is -0.494 e. The van der Waals surface area contributed by atoms with Gasteiger partial charge in [-0.15, -0.1) is 12.4 Å². The maximum Gasteiger partial charge on any atom is 0.260 e. The van der Waals surface area contributed by atoms with Gasteiger partial charge in [0, 0.05) is 18.7 Å². The number of rotatable bonds is 8. The number of anilines is 1. The number of halogens is 1. The average Bonchev–Trinajstić information content (AvgIpc) is 3.17. The van der Waals surface area contributed by atoms with Gasteiger partial charge in [0.1, 0.15) is 11.3 Å². The zero-order valence-corrected chi connectivity index (χ0v) is 19.9. The van der Waals surface area contributed by atoms with Crippen LogP contribution in [0.15, 0.2) is 36.4 Å². The third-order valence-corrected chi connectivity index (χ3v) is 6.40. The molecule has 162 valence electrons. The highest BCUT2D eigenvalue weighted by atomic mass is 35.5. The summed E-state index contributed by atoms with van der Waals surface area (Å²) in [6, 6.07) is 11.7. The summed E-state index contributed by atoms with van der Waals surface area (Å²) >= 11 is 1.55. The number of carbonyl (C=O) groups excluding carboxylic acids is 1. The lowest BCUT2D eigenvalue weighted by atomic mass is 10.1. The summed E-state index contributed by atoms with van der Waals surface area (Å²) < 4.78 is 6.56. The third kappa shape index (κ3) is 5.12. The van der Waals surface area contributed by atoms with E-state index in [2.05, 4.69) is 25.7 Å². The fourth-order valence-corrected chi connectivity index (χ4v) is 4.45. The first-order valence-corrected chi connectivity index (χ1v) is 10.8. The van der Waals surface area contributed by atoms with Crippen LogP contribution in [0.1, 0.15) is 35.3 Å². The molecule has 1 amide bonds. The van der Waals surface area contributed by atoms with E-state index in [-0.39, 0.29) is 18.3 Å². The van der Waals surface area contributed by atoms with Gasteiger partial charge in [-0.05, 0) is 50.7 Å². The van der Waals surface area contributed by atoms with Gasteiger partial charge >= 0.3 is 0 Å². The largest absolute Gasteiger partial charge is 0.494 e. The van der Waals surface area contributed by atoms with E-state index in [0.29, 0.717) is 17.2 Å². The number of aryl methyl sites for hydroxylation is 2. The molecule has 0 aliphatic rings. The zero-order chi connectivity index (χ0) is 21.0. The summed E-state index contributed by atoms with van der Waals surface area (Å²) in [6.07, 6.45) is 0. The molecule has 3 aromatic rings. The summed E-state index contributed by atoms with van der Waals surface area (Å²) in [4.78, 5) is 22.4. The summed E-state index contributed by atoms with van der Waals surface area (Å²) in [5.41, 5.74) is 3.71. The van der Waals surface area contributed by atoms with Crippen LogP contribution in [-0.2, 0) is 0 Å². The van der Waals surface area contributed by atoms with Crippen molar-refractivity contribution in [2.24, 2.45) is 0 Å². The van der Waals surface area contributed by atoms with Gasteiger partial charge in [-0.25, -0.2) is 4.98 Å². The predicted octanol–water partition coefficient (Wildman–Crippen LogP) is 5.33. The molecule has 0 atom stereocenters. The van der Waals surface area contributed by atoms with Crippen molar-refractivity contribution >= 4 is 45.0 Å². The summed E-state index contributed by atoms with van der Waals surface area (Å²) in [5.74, 6) is 0.719. The number of thiazole rings is 1. The summed E-state index contributed by atoms with van der Waals surface area (Å²) in [5, 5.41) is 0.714. The van der Waals surface area contributed by atoms with Crippen LogP contribution < -0.4 is 9.64 Å². The van der Waals surface area contributed by atoms with Gasteiger partial charge < -0.3 is 9.64 Å². The molecule has 0 saturated heterocycles. The van der Waals surface area contributed by atoms with E-state index in [0.717, 1.165) is 46.7 Å². The van der Waals surface area contributed by atoms with Crippen molar-refractivity contribution in [3.05, 3.63) is 53.1 Å². The molecule has 0 radical (unpaired) electrons. The third-order valence-electron chi connectivity index (χ3n) is 5.19. The molecule has 0 bridgehead atoms. The van der Waals surface area contributed by atoms with Crippen molar-refractivity contribution in [1.82, 2.24) is 9.88 Å². The number of methoxy groups -OCH3 is 1. The lowest BCUT2D eigenvalue weighted by Gasteiger charge is -2.24. The van der Waals surface area contributed by atoms with Gasteiger partial charge in [0.05, 0.1) is 11.8 Å². The zero-order valence-electron chi connectivity index (χ0n) is 18.3. The first kappa shape index (κ1) is 24.1. The number of nitrogens with zero attached hydrogens (tertiary/aromatic N) is 3. The first-order valence-electron chi connectivity index (χ1n) is 10.0. The highest BCUT2D eigenvalue weighted by molar-refractivity contribution is 7.22. The maximum absolute atomic E-state index is 13.4. The normalized spacial score (nSPS) is 10.9. The molecule has 0 aliphatic carbocycles. The molecule has 0 fully saturated rings. The maximum atomic E-state index is 13.4. The molecule has 3 rings (SSSR count). The van der Waals surface area contributed by atoms with Crippen molar-refractivity contribution in [3.63, 3.8) is 0 Å². The average molecular weight is 448 g/mol. The van der Waals surface area contributed by atoms with E-state index >= 15 is 0 Å². The van der Waals surface area contributed by atoms with E-state index < -0.39 is 0 Å². The van der Waals surface area contributed by atoms with Crippen LogP contribution in [0.3, 0.4) is 0 Å². The number of fused-ring (bicyclic) bond motifs is 1. The molecule has 1 heterocycles. The molecule has 2 aromatic carbocycles. The molecule has 30 heavy (non-hydrogen) atoms. The van der Waals surface area contributed by atoms with Gasteiger partial charge in [-0.2, -0.15) is 0 Å². The van der Waals surface area contributed by atoms with E-state index in [1.54, 1.807) is 18.4 Å². The number of hydrogen-bond acceptors (Lipinski definition) is 5. The number of carbonyl (C=O) groups is 1. The number of aromatic nitrogens is 1. The van der Waals surface area contributed by atoms with Gasteiger partial charge in [-0.1, -0.05) is 48.9 Å². The monoisotopic (exact) mass is 447 g/mol. The molecule has 0 saturated carbocycles. The minimum absolute atomic E-state index is 0. The smallest absolute Gasteiger partial charge is 0.260 e. The molecule has 1 aromatic heterocycles. The molecule has 0 spiro atoms.